The number of carboxylic acid groups (broad SMARTS) is 1. The summed E-state index contributed by atoms with van der Waals surface area (Å²) in [6.45, 7) is 7.14. The van der Waals surface area contributed by atoms with Gasteiger partial charge in [-0.25, -0.2) is 0 Å². The topological polar surface area (TPSA) is 43.8 Å². The fourth-order valence-corrected chi connectivity index (χ4v) is 3.06. The highest BCUT2D eigenvalue weighted by Crippen LogP contribution is 2.28. The molecule has 0 aliphatic carbocycles. The minimum absolute atomic E-state index is 0.615. The molecule has 1 N–H and O–H groups in total. The molecule has 2 aliphatic rings. The number of hydrogen-bond acceptors (Lipinski definition) is 3. The molecule has 0 aromatic carbocycles. The van der Waals surface area contributed by atoms with E-state index in [-0.39, 0.29) is 0 Å². The Morgan fingerprint density at radius 2 is 1.82 bits per heavy atom. The van der Waals surface area contributed by atoms with E-state index in [1.807, 2.05) is 6.92 Å². The fourth-order valence-electron chi connectivity index (χ4n) is 3.06. The van der Waals surface area contributed by atoms with E-state index in [9.17, 15) is 9.90 Å². The largest absolute Gasteiger partial charge is 0.480 e. The second-order valence-corrected chi connectivity index (χ2v) is 5.57. The average Bonchev–Trinajstić information content (AvgIpc) is 2.71. The third-order valence-corrected chi connectivity index (χ3v) is 4.39. The van der Waals surface area contributed by atoms with E-state index in [0.29, 0.717) is 0 Å². The van der Waals surface area contributed by atoms with Crippen LogP contribution >= 0.6 is 0 Å². The van der Waals surface area contributed by atoms with Crippen molar-refractivity contribution in [2.75, 3.05) is 32.7 Å². The Kier molecular flexibility index (Phi) is 4.05. The second-order valence-electron chi connectivity index (χ2n) is 5.57. The molecule has 1 atom stereocenters. The van der Waals surface area contributed by atoms with Gasteiger partial charge in [-0.05, 0) is 52.2 Å². The molecule has 98 valence electrons. The Labute approximate surface area is 104 Å². The van der Waals surface area contributed by atoms with Gasteiger partial charge in [-0.1, -0.05) is 6.42 Å². The van der Waals surface area contributed by atoms with Crippen LogP contribution in [0.5, 0.6) is 0 Å². The predicted molar refractivity (Wildman–Crippen MR) is 67.1 cm³/mol. The van der Waals surface area contributed by atoms with Gasteiger partial charge in [-0.2, -0.15) is 0 Å². The number of hydrogen-bond donors (Lipinski definition) is 1. The summed E-state index contributed by atoms with van der Waals surface area (Å²) in [6.07, 6.45) is 5.77. The number of piperidine rings is 1. The van der Waals surface area contributed by atoms with Crippen LogP contribution in [0.15, 0.2) is 0 Å². The zero-order chi connectivity index (χ0) is 12.3. The van der Waals surface area contributed by atoms with Gasteiger partial charge < -0.3 is 10.0 Å². The van der Waals surface area contributed by atoms with Crippen LogP contribution < -0.4 is 0 Å². The SMILES string of the molecule is CC1(C(=O)O)CCCN1CCN1CCCCC1. The molecule has 2 aliphatic heterocycles. The highest BCUT2D eigenvalue weighted by molar-refractivity contribution is 5.78. The Hall–Kier alpha value is -0.610. The number of aliphatic carboxylic acids is 1. The molecular weight excluding hydrogens is 216 g/mol. The third-order valence-electron chi connectivity index (χ3n) is 4.39. The second kappa shape index (κ2) is 5.36. The summed E-state index contributed by atoms with van der Waals surface area (Å²) in [6, 6.07) is 0. The van der Waals surface area contributed by atoms with Crippen molar-refractivity contribution in [2.24, 2.45) is 0 Å². The van der Waals surface area contributed by atoms with Crippen molar-refractivity contribution in [1.29, 1.82) is 0 Å². The number of nitrogens with zero attached hydrogens (tertiary/aromatic N) is 2. The molecular formula is C13H24N2O2. The van der Waals surface area contributed by atoms with E-state index in [0.717, 1.165) is 32.5 Å². The van der Waals surface area contributed by atoms with E-state index in [1.54, 1.807) is 0 Å². The zero-order valence-corrected chi connectivity index (χ0v) is 10.8. The van der Waals surface area contributed by atoms with E-state index < -0.39 is 11.5 Å². The summed E-state index contributed by atoms with van der Waals surface area (Å²) in [5.41, 5.74) is -0.615. The van der Waals surface area contributed by atoms with Gasteiger partial charge >= 0.3 is 5.97 Å². The van der Waals surface area contributed by atoms with Crippen LogP contribution in [0.2, 0.25) is 0 Å². The van der Waals surface area contributed by atoms with Gasteiger partial charge in [0.1, 0.15) is 5.54 Å². The predicted octanol–water partition coefficient (Wildman–Crippen LogP) is 1.41. The van der Waals surface area contributed by atoms with Gasteiger partial charge in [-0.15, -0.1) is 0 Å². The molecule has 2 rings (SSSR count). The molecule has 1 unspecified atom stereocenters. The average molecular weight is 240 g/mol. The quantitative estimate of drug-likeness (QED) is 0.807. The van der Waals surface area contributed by atoms with Crippen LogP contribution in [-0.4, -0.2) is 59.1 Å². The Morgan fingerprint density at radius 1 is 1.12 bits per heavy atom. The van der Waals surface area contributed by atoms with Crippen molar-refractivity contribution in [3.63, 3.8) is 0 Å². The van der Waals surface area contributed by atoms with Crippen molar-refractivity contribution >= 4 is 5.97 Å². The molecule has 0 aromatic rings. The van der Waals surface area contributed by atoms with Crippen LogP contribution in [0.25, 0.3) is 0 Å². The first-order valence-corrected chi connectivity index (χ1v) is 6.84. The smallest absolute Gasteiger partial charge is 0.323 e. The van der Waals surface area contributed by atoms with E-state index in [1.165, 1.54) is 32.4 Å². The summed E-state index contributed by atoms with van der Waals surface area (Å²) in [7, 11) is 0. The van der Waals surface area contributed by atoms with Crippen molar-refractivity contribution in [2.45, 2.75) is 44.6 Å². The molecule has 2 fully saturated rings. The maximum Gasteiger partial charge on any atom is 0.323 e. The summed E-state index contributed by atoms with van der Waals surface area (Å²) < 4.78 is 0. The van der Waals surface area contributed by atoms with Gasteiger partial charge in [0.15, 0.2) is 0 Å². The maximum absolute atomic E-state index is 11.3. The first-order chi connectivity index (χ1) is 8.13. The summed E-state index contributed by atoms with van der Waals surface area (Å²) in [5.74, 6) is -0.659. The van der Waals surface area contributed by atoms with Crippen molar-refractivity contribution in [3.8, 4) is 0 Å². The van der Waals surface area contributed by atoms with Crippen LogP contribution in [0.4, 0.5) is 0 Å². The molecule has 17 heavy (non-hydrogen) atoms. The molecule has 0 saturated carbocycles. The minimum Gasteiger partial charge on any atom is -0.480 e. The Balaban J connectivity index is 1.83. The van der Waals surface area contributed by atoms with E-state index in [4.69, 9.17) is 0 Å². The van der Waals surface area contributed by atoms with Crippen molar-refractivity contribution < 1.29 is 9.90 Å². The molecule has 4 heteroatoms. The van der Waals surface area contributed by atoms with Crippen LogP contribution in [-0.2, 0) is 4.79 Å². The summed E-state index contributed by atoms with van der Waals surface area (Å²) >= 11 is 0. The number of carboxylic acids is 1. The number of likely N-dealkylation sites (tertiary alicyclic amines) is 2. The Bertz CT molecular complexity index is 277. The summed E-state index contributed by atoms with van der Waals surface area (Å²) in [4.78, 5) is 16.0. The first kappa shape index (κ1) is 12.8. The normalized spacial score (nSPS) is 31.8. The number of rotatable bonds is 4. The molecule has 0 radical (unpaired) electrons. The molecule has 2 saturated heterocycles. The molecule has 2 heterocycles. The minimum atomic E-state index is -0.659. The van der Waals surface area contributed by atoms with Gasteiger partial charge in [0, 0.05) is 13.1 Å². The van der Waals surface area contributed by atoms with Gasteiger partial charge in [0.05, 0.1) is 0 Å². The third kappa shape index (κ3) is 2.80. The van der Waals surface area contributed by atoms with E-state index in [2.05, 4.69) is 9.80 Å². The van der Waals surface area contributed by atoms with Crippen LogP contribution in [0.1, 0.15) is 39.0 Å². The van der Waals surface area contributed by atoms with Gasteiger partial charge in [0.25, 0.3) is 0 Å². The van der Waals surface area contributed by atoms with Gasteiger partial charge in [0.2, 0.25) is 0 Å². The standard InChI is InChI=1S/C13H24N2O2/c1-13(12(16)17)6-5-9-15(13)11-10-14-7-3-2-4-8-14/h2-11H2,1H3,(H,16,17). The zero-order valence-electron chi connectivity index (χ0n) is 10.8. The lowest BCUT2D eigenvalue weighted by Crippen LogP contribution is -2.50. The fraction of sp³-hybridized carbons (Fsp3) is 0.923. The maximum atomic E-state index is 11.3. The lowest BCUT2D eigenvalue weighted by atomic mass is 9.99. The first-order valence-electron chi connectivity index (χ1n) is 6.84. The molecule has 0 bridgehead atoms. The van der Waals surface area contributed by atoms with Crippen LogP contribution in [0.3, 0.4) is 0 Å². The highest BCUT2D eigenvalue weighted by atomic mass is 16.4. The number of carbonyl (C=O) groups is 1. The van der Waals surface area contributed by atoms with Crippen molar-refractivity contribution in [3.05, 3.63) is 0 Å². The highest BCUT2D eigenvalue weighted by Gasteiger charge is 2.42. The lowest BCUT2D eigenvalue weighted by Gasteiger charge is -2.34. The molecule has 0 spiro atoms. The van der Waals surface area contributed by atoms with Crippen molar-refractivity contribution in [1.82, 2.24) is 9.80 Å². The van der Waals surface area contributed by atoms with Gasteiger partial charge in [-0.3, -0.25) is 9.69 Å². The Morgan fingerprint density at radius 3 is 2.47 bits per heavy atom. The lowest BCUT2D eigenvalue weighted by molar-refractivity contribution is -0.148. The molecule has 0 aromatic heterocycles. The summed E-state index contributed by atoms with van der Waals surface area (Å²) in [5, 5.41) is 9.32. The van der Waals surface area contributed by atoms with E-state index >= 15 is 0 Å². The monoisotopic (exact) mass is 240 g/mol. The molecule has 0 amide bonds. The van der Waals surface area contributed by atoms with Crippen LogP contribution in [0, 0.1) is 0 Å². The molecule has 4 nitrogen and oxygen atoms in total.